The first-order valence-corrected chi connectivity index (χ1v) is 8.94. The lowest BCUT2D eigenvalue weighted by atomic mass is 9.93. The molecule has 126 valence electrons. The largest absolute Gasteiger partial charge is 0.368 e. The minimum atomic E-state index is 0.0605. The second-order valence-corrected chi connectivity index (χ2v) is 8.11. The minimum Gasteiger partial charge on any atom is -0.368 e. The molecular weight excluding hydrogens is 310 g/mol. The van der Waals surface area contributed by atoms with Crippen molar-refractivity contribution in [3.8, 4) is 0 Å². The van der Waals surface area contributed by atoms with Crippen LogP contribution in [0.1, 0.15) is 54.6 Å². The van der Waals surface area contributed by atoms with E-state index in [0.717, 1.165) is 48.4 Å². The van der Waals surface area contributed by atoms with Crippen molar-refractivity contribution in [1.82, 2.24) is 15.0 Å². The van der Waals surface area contributed by atoms with Crippen LogP contribution in [0.2, 0.25) is 0 Å². The molecule has 0 amide bonds. The van der Waals surface area contributed by atoms with Crippen molar-refractivity contribution >= 4 is 11.3 Å². The van der Waals surface area contributed by atoms with Gasteiger partial charge in [0.15, 0.2) is 0 Å². The summed E-state index contributed by atoms with van der Waals surface area (Å²) in [5.41, 5.74) is 3.40. The van der Waals surface area contributed by atoms with E-state index in [0.29, 0.717) is 0 Å². The summed E-state index contributed by atoms with van der Waals surface area (Å²) in [6, 6.07) is 0. The Morgan fingerprint density at radius 1 is 1.35 bits per heavy atom. The molecule has 0 unspecified atom stereocenters. The SMILES string of the molecule is Cc1noc(C)c1CN1CCO[C@H](c2nc(C(C)(C)C)cs2)C1. The molecule has 1 aliphatic rings. The fourth-order valence-corrected chi connectivity index (χ4v) is 3.81. The van der Waals surface area contributed by atoms with E-state index in [1.807, 2.05) is 13.8 Å². The molecule has 1 saturated heterocycles. The fourth-order valence-electron chi connectivity index (χ4n) is 2.73. The van der Waals surface area contributed by atoms with Gasteiger partial charge >= 0.3 is 0 Å². The summed E-state index contributed by atoms with van der Waals surface area (Å²) in [7, 11) is 0. The van der Waals surface area contributed by atoms with Gasteiger partial charge in [-0.25, -0.2) is 4.98 Å². The summed E-state index contributed by atoms with van der Waals surface area (Å²) in [6.07, 6.45) is 0.0605. The van der Waals surface area contributed by atoms with E-state index in [-0.39, 0.29) is 11.5 Å². The third-order valence-electron chi connectivity index (χ3n) is 4.28. The molecule has 0 N–H and O–H groups in total. The molecule has 0 aromatic carbocycles. The van der Waals surface area contributed by atoms with Crippen molar-refractivity contribution in [2.45, 2.75) is 52.7 Å². The smallest absolute Gasteiger partial charge is 0.138 e. The molecule has 0 bridgehead atoms. The third kappa shape index (κ3) is 3.65. The minimum absolute atomic E-state index is 0.0605. The quantitative estimate of drug-likeness (QED) is 0.857. The maximum atomic E-state index is 5.97. The van der Waals surface area contributed by atoms with Gasteiger partial charge in [-0.15, -0.1) is 11.3 Å². The zero-order valence-electron chi connectivity index (χ0n) is 14.5. The Bertz CT molecular complexity index is 652. The van der Waals surface area contributed by atoms with E-state index in [4.69, 9.17) is 14.2 Å². The highest BCUT2D eigenvalue weighted by molar-refractivity contribution is 7.09. The van der Waals surface area contributed by atoms with E-state index < -0.39 is 0 Å². The monoisotopic (exact) mass is 335 g/mol. The van der Waals surface area contributed by atoms with Crippen LogP contribution in [0.25, 0.3) is 0 Å². The van der Waals surface area contributed by atoms with Crippen LogP contribution in [-0.2, 0) is 16.7 Å². The van der Waals surface area contributed by atoms with Gasteiger partial charge in [-0.05, 0) is 13.8 Å². The van der Waals surface area contributed by atoms with Gasteiger partial charge in [-0.1, -0.05) is 25.9 Å². The summed E-state index contributed by atoms with van der Waals surface area (Å²) in [5.74, 6) is 0.912. The molecule has 3 rings (SSSR count). The Labute approximate surface area is 141 Å². The first-order valence-electron chi connectivity index (χ1n) is 8.06. The number of hydrogen-bond acceptors (Lipinski definition) is 6. The molecule has 0 radical (unpaired) electrons. The van der Waals surface area contributed by atoms with E-state index in [1.54, 1.807) is 11.3 Å². The second kappa shape index (κ2) is 6.34. The molecule has 0 aliphatic carbocycles. The van der Waals surface area contributed by atoms with Crippen molar-refractivity contribution in [3.05, 3.63) is 33.1 Å². The number of aromatic nitrogens is 2. The van der Waals surface area contributed by atoms with Gasteiger partial charge in [0.2, 0.25) is 0 Å². The molecule has 6 heteroatoms. The van der Waals surface area contributed by atoms with Crippen LogP contribution < -0.4 is 0 Å². The molecule has 1 aliphatic heterocycles. The molecule has 3 heterocycles. The molecule has 2 aromatic rings. The van der Waals surface area contributed by atoms with Crippen LogP contribution in [0.15, 0.2) is 9.90 Å². The van der Waals surface area contributed by atoms with Crippen molar-refractivity contribution in [2.24, 2.45) is 0 Å². The van der Waals surface area contributed by atoms with Gasteiger partial charge in [0, 0.05) is 36.0 Å². The summed E-state index contributed by atoms with van der Waals surface area (Å²) in [6.45, 7) is 13.9. The average molecular weight is 335 g/mol. The van der Waals surface area contributed by atoms with Gasteiger partial charge in [-0.2, -0.15) is 0 Å². The predicted molar refractivity (Wildman–Crippen MR) is 90.8 cm³/mol. The molecular formula is C17H25N3O2S. The number of ether oxygens (including phenoxy) is 1. The first kappa shape index (κ1) is 16.6. The molecule has 23 heavy (non-hydrogen) atoms. The van der Waals surface area contributed by atoms with Gasteiger partial charge in [0.1, 0.15) is 16.9 Å². The van der Waals surface area contributed by atoms with Crippen LogP contribution in [0.4, 0.5) is 0 Å². The maximum absolute atomic E-state index is 5.97. The van der Waals surface area contributed by atoms with Gasteiger partial charge in [0.05, 0.1) is 18.0 Å². The van der Waals surface area contributed by atoms with Gasteiger partial charge in [-0.3, -0.25) is 4.90 Å². The van der Waals surface area contributed by atoms with Crippen molar-refractivity contribution in [2.75, 3.05) is 19.7 Å². The normalized spacial score (nSPS) is 20.1. The zero-order chi connectivity index (χ0) is 16.6. The molecule has 0 spiro atoms. The lowest BCUT2D eigenvalue weighted by molar-refractivity contribution is -0.0332. The number of nitrogens with zero attached hydrogens (tertiary/aromatic N) is 3. The summed E-state index contributed by atoms with van der Waals surface area (Å²) < 4.78 is 11.2. The maximum Gasteiger partial charge on any atom is 0.138 e. The highest BCUT2D eigenvalue weighted by Gasteiger charge is 2.27. The standard InChI is InChI=1S/C17H25N3O2S/c1-11-13(12(2)22-19-11)8-20-6-7-21-14(9-20)16-18-15(10-23-16)17(3,4)5/h10,14H,6-9H2,1-5H3/t14-/m0/s1. The number of aryl methyl sites for hydroxylation is 2. The molecule has 5 nitrogen and oxygen atoms in total. The average Bonchev–Trinajstić information content (AvgIpc) is 3.10. The summed E-state index contributed by atoms with van der Waals surface area (Å²) in [4.78, 5) is 7.21. The van der Waals surface area contributed by atoms with Crippen molar-refractivity contribution < 1.29 is 9.26 Å². The van der Waals surface area contributed by atoms with Crippen molar-refractivity contribution in [3.63, 3.8) is 0 Å². The van der Waals surface area contributed by atoms with E-state index in [9.17, 15) is 0 Å². The van der Waals surface area contributed by atoms with Gasteiger partial charge in [0.25, 0.3) is 0 Å². The Morgan fingerprint density at radius 2 is 2.13 bits per heavy atom. The highest BCUT2D eigenvalue weighted by atomic mass is 32.1. The summed E-state index contributed by atoms with van der Waals surface area (Å²) in [5, 5.41) is 7.29. The van der Waals surface area contributed by atoms with Gasteiger partial charge < -0.3 is 9.26 Å². The number of hydrogen-bond donors (Lipinski definition) is 0. The lowest BCUT2D eigenvalue weighted by Crippen LogP contribution is -2.38. The first-order chi connectivity index (χ1) is 10.8. The van der Waals surface area contributed by atoms with Crippen LogP contribution >= 0.6 is 11.3 Å². The van der Waals surface area contributed by atoms with E-state index in [2.05, 4.69) is 36.2 Å². The van der Waals surface area contributed by atoms with E-state index >= 15 is 0 Å². The van der Waals surface area contributed by atoms with Crippen LogP contribution in [-0.4, -0.2) is 34.7 Å². The second-order valence-electron chi connectivity index (χ2n) is 7.22. The Morgan fingerprint density at radius 3 is 2.74 bits per heavy atom. The topological polar surface area (TPSA) is 51.4 Å². The molecule has 1 fully saturated rings. The Kier molecular flexibility index (Phi) is 4.58. The molecule has 0 saturated carbocycles. The number of thiazole rings is 1. The van der Waals surface area contributed by atoms with Crippen molar-refractivity contribution in [1.29, 1.82) is 0 Å². The highest BCUT2D eigenvalue weighted by Crippen LogP contribution is 2.30. The molecule has 2 aromatic heterocycles. The zero-order valence-corrected chi connectivity index (χ0v) is 15.4. The predicted octanol–water partition coefficient (Wildman–Crippen LogP) is 3.62. The van der Waals surface area contributed by atoms with E-state index in [1.165, 1.54) is 5.56 Å². The van der Waals surface area contributed by atoms with Crippen LogP contribution in [0, 0.1) is 13.8 Å². The number of rotatable bonds is 3. The van der Waals surface area contributed by atoms with Crippen LogP contribution in [0.3, 0.4) is 0 Å². The summed E-state index contributed by atoms with van der Waals surface area (Å²) >= 11 is 1.71. The third-order valence-corrected chi connectivity index (χ3v) is 5.22. The Balaban J connectivity index is 1.70. The molecule has 1 atom stereocenters. The number of morpholine rings is 1. The van der Waals surface area contributed by atoms with Crippen LogP contribution in [0.5, 0.6) is 0 Å². The fraction of sp³-hybridized carbons (Fsp3) is 0.647. The lowest BCUT2D eigenvalue weighted by Gasteiger charge is -2.31. The Hall–Kier alpha value is -1.24.